The number of halogens is 1. The molecule has 3 atom stereocenters. The monoisotopic (exact) mass is 322 g/mol. The van der Waals surface area contributed by atoms with Gasteiger partial charge in [0.1, 0.15) is 11.4 Å². The van der Waals surface area contributed by atoms with Gasteiger partial charge in [-0.15, -0.1) is 0 Å². The van der Waals surface area contributed by atoms with E-state index in [0.29, 0.717) is 4.83 Å². The van der Waals surface area contributed by atoms with Crippen LogP contribution >= 0.6 is 15.9 Å². The van der Waals surface area contributed by atoms with Crippen molar-refractivity contribution in [3.8, 4) is 5.75 Å². The van der Waals surface area contributed by atoms with Crippen molar-refractivity contribution in [3.63, 3.8) is 0 Å². The van der Waals surface area contributed by atoms with Crippen LogP contribution < -0.4 is 4.74 Å². The van der Waals surface area contributed by atoms with E-state index in [2.05, 4.69) is 54.9 Å². The molecule has 3 rings (SSSR count). The van der Waals surface area contributed by atoms with Crippen molar-refractivity contribution >= 4 is 15.9 Å². The predicted molar refractivity (Wildman–Crippen MR) is 83.0 cm³/mol. The van der Waals surface area contributed by atoms with Crippen molar-refractivity contribution in [2.24, 2.45) is 11.8 Å². The van der Waals surface area contributed by atoms with Crippen molar-refractivity contribution in [2.45, 2.75) is 56.9 Å². The SMILES string of the molecule is CC1CCCC1C(Br)c1ccc2c(c1)CC(C)(C)O2. The van der Waals surface area contributed by atoms with E-state index in [1.54, 1.807) is 0 Å². The summed E-state index contributed by atoms with van der Waals surface area (Å²) in [6, 6.07) is 6.76. The first-order valence-electron chi connectivity index (χ1n) is 7.42. The first kappa shape index (κ1) is 13.5. The number of fused-ring (bicyclic) bond motifs is 1. The summed E-state index contributed by atoms with van der Waals surface area (Å²) in [4.78, 5) is 0.499. The Morgan fingerprint density at radius 1 is 1.32 bits per heavy atom. The maximum absolute atomic E-state index is 5.96. The van der Waals surface area contributed by atoms with Gasteiger partial charge in [0.15, 0.2) is 0 Å². The minimum Gasteiger partial charge on any atom is -0.487 e. The third-order valence-electron chi connectivity index (χ3n) is 4.71. The van der Waals surface area contributed by atoms with Crippen molar-refractivity contribution in [1.29, 1.82) is 0 Å². The van der Waals surface area contributed by atoms with Crippen LogP contribution in [0.3, 0.4) is 0 Å². The molecule has 0 aromatic heterocycles. The van der Waals surface area contributed by atoms with Gasteiger partial charge in [0.25, 0.3) is 0 Å². The van der Waals surface area contributed by atoms with E-state index >= 15 is 0 Å². The van der Waals surface area contributed by atoms with E-state index in [0.717, 1.165) is 24.0 Å². The first-order valence-corrected chi connectivity index (χ1v) is 8.34. The van der Waals surface area contributed by atoms with Gasteiger partial charge in [-0.05, 0) is 49.3 Å². The Labute approximate surface area is 124 Å². The molecule has 0 bridgehead atoms. The summed E-state index contributed by atoms with van der Waals surface area (Å²) in [5.41, 5.74) is 2.76. The molecule has 1 aromatic carbocycles. The van der Waals surface area contributed by atoms with Crippen LogP contribution in [0, 0.1) is 11.8 Å². The molecule has 1 heterocycles. The van der Waals surface area contributed by atoms with Crippen LogP contribution in [-0.2, 0) is 6.42 Å². The Bertz CT molecular complexity index is 480. The van der Waals surface area contributed by atoms with Gasteiger partial charge in [0.2, 0.25) is 0 Å². The fourth-order valence-electron chi connectivity index (χ4n) is 3.66. The zero-order valence-electron chi connectivity index (χ0n) is 12.1. The normalized spacial score (nSPS) is 29.9. The Morgan fingerprint density at radius 2 is 2.11 bits per heavy atom. The summed E-state index contributed by atoms with van der Waals surface area (Å²) in [5, 5.41) is 0. The lowest BCUT2D eigenvalue weighted by atomic mass is 9.89. The molecule has 2 aliphatic rings. The number of hydrogen-bond acceptors (Lipinski definition) is 1. The molecule has 0 N–H and O–H groups in total. The summed E-state index contributed by atoms with van der Waals surface area (Å²) in [6.45, 7) is 6.72. The fraction of sp³-hybridized carbons (Fsp3) is 0.647. The molecule has 0 saturated heterocycles. The minimum atomic E-state index is -0.0383. The lowest BCUT2D eigenvalue weighted by Gasteiger charge is -2.22. The fourth-order valence-corrected chi connectivity index (χ4v) is 4.73. The first-order chi connectivity index (χ1) is 8.96. The second kappa shape index (κ2) is 4.80. The van der Waals surface area contributed by atoms with Crippen LogP contribution in [0.25, 0.3) is 0 Å². The zero-order chi connectivity index (χ0) is 13.6. The predicted octanol–water partition coefficient (Wildman–Crippen LogP) is 5.27. The summed E-state index contributed by atoms with van der Waals surface area (Å²) in [7, 11) is 0. The molecule has 1 aromatic rings. The van der Waals surface area contributed by atoms with Gasteiger partial charge in [-0.2, -0.15) is 0 Å². The van der Waals surface area contributed by atoms with Gasteiger partial charge in [-0.1, -0.05) is 47.8 Å². The number of rotatable bonds is 2. The number of ether oxygens (including phenoxy) is 1. The maximum Gasteiger partial charge on any atom is 0.123 e. The van der Waals surface area contributed by atoms with Gasteiger partial charge in [-0.3, -0.25) is 0 Å². The molecule has 2 heteroatoms. The van der Waals surface area contributed by atoms with E-state index in [-0.39, 0.29) is 5.60 Å². The molecule has 1 aliphatic carbocycles. The molecule has 1 aliphatic heterocycles. The topological polar surface area (TPSA) is 9.23 Å². The lowest BCUT2D eigenvalue weighted by Crippen LogP contribution is -2.24. The van der Waals surface area contributed by atoms with Gasteiger partial charge in [-0.25, -0.2) is 0 Å². The van der Waals surface area contributed by atoms with E-state index in [9.17, 15) is 0 Å². The standard InChI is InChI=1S/C17H23BrO/c1-11-5-4-6-14(11)16(18)12-7-8-15-13(9-12)10-17(2,3)19-15/h7-9,11,14,16H,4-6,10H2,1-3H3. The van der Waals surface area contributed by atoms with Crippen LogP contribution in [0.5, 0.6) is 5.75 Å². The van der Waals surface area contributed by atoms with Crippen molar-refractivity contribution in [1.82, 2.24) is 0 Å². The molecule has 3 unspecified atom stereocenters. The zero-order valence-corrected chi connectivity index (χ0v) is 13.7. The average Bonchev–Trinajstić information content (AvgIpc) is 2.88. The quantitative estimate of drug-likeness (QED) is 0.674. The Kier molecular flexibility index (Phi) is 3.41. The van der Waals surface area contributed by atoms with E-state index < -0.39 is 0 Å². The summed E-state index contributed by atoms with van der Waals surface area (Å²) in [5.74, 6) is 2.70. The Morgan fingerprint density at radius 3 is 2.79 bits per heavy atom. The Hall–Kier alpha value is -0.500. The highest BCUT2D eigenvalue weighted by Gasteiger charge is 2.33. The summed E-state index contributed by atoms with van der Waals surface area (Å²) in [6.07, 6.45) is 5.15. The highest BCUT2D eigenvalue weighted by atomic mass is 79.9. The second-order valence-corrected chi connectivity index (χ2v) is 7.87. The van der Waals surface area contributed by atoms with E-state index in [4.69, 9.17) is 4.74 Å². The van der Waals surface area contributed by atoms with E-state index in [1.807, 2.05) is 0 Å². The molecule has 19 heavy (non-hydrogen) atoms. The molecule has 1 saturated carbocycles. The minimum absolute atomic E-state index is 0.0383. The molecule has 1 nitrogen and oxygen atoms in total. The summed E-state index contributed by atoms with van der Waals surface area (Å²) >= 11 is 3.95. The highest BCUT2D eigenvalue weighted by molar-refractivity contribution is 9.09. The van der Waals surface area contributed by atoms with Crippen LogP contribution in [0.4, 0.5) is 0 Å². The molecular formula is C17H23BrO. The molecule has 0 amide bonds. The largest absolute Gasteiger partial charge is 0.487 e. The van der Waals surface area contributed by atoms with Crippen molar-refractivity contribution in [2.75, 3.05) is 0 Å². The van der Waals surface area contributed by atoms with Gasteiger partial charge in [0.05, 0.1) is 0 Å². The van der Waals surface area contributed by atoms with Crippen LogP contribution in [0.2, 0.25) is 0 Å². The van der Waals surface area contributed by atoms with Crippen LogP contribution in [0.1, 0.15) is 56.0 Å². The molecular weight excluding hydrogens is 300 g/mol. The molecule has 1 fully saturated rings. The smallest absolute Gasteiger partial charge is 0.123 e. The third-order valence-corrected chi connectivity index (χ3v) is 5.92. The van der Waals surface area contributed by atoms with Crippen molar-refractivity contribution < 1.29 is 4.74 Å². The summed E-state index contributed by atoms with van der Waals surface area (Å²) < 4.78 is 5.96. The number of hydrogen-bond donors (Lipinski definition) is 0. The van der Waals surface area contributed by atoms with Crippen LogP contribution in [-0.4, -0.2) is 5.60 Å². The molecule has 104 valence electrons. The van der Waals surface area contributed by atoms with Gasteiger partial charge in [0, 0.05) is 11.2 Å². The molecule has 0 radical (unpaired) electrons. The van der Waals surface area contributed by atoms with Gasteiger partial charge >= 0.3 is 0 Å². The Balaban J connectivity index is 1.83. The number of benzene rings is 1. The highest BCUT2D eigenvalue weighted by Crippen LogP contribution is 2.46. The maximum atomic E-state index is 5.96. The van der Waals surface area contributed by atoms with Crippen LogP contribution in [0.15, 0.2) is 18.2 Å². The van der Waals surface area contributed by atoms with E-state index in [1.165, 1.54) is 30.4 Å². The van der Waals surface area contributed by atoms with Crippen molar-refractivity contribution in [3.05, 3.63) is 29.3 Å². The lowest BCUT2D eigenvalue weighted by molar-refractivity contribution is 0.138. The average molecular weight is 323 g/mol. The third kappa shape index (κ3) is 2.56. The number of alkyl halides is 1. The van der Waals surface area contributed by atoms with Gasteiger partial charge < -0.3 is 4.74 Å². The molecule has 0 spiro atoms. The second-order valence-electron chi connectivity index (χ2n) is 6.88.